The molecule has 5 nitrogen and oxygen atoms in total. The van der Waals surface area contributed by atoms with Gasteiger partial charge >= 0.3 is 0 Å². The number of rotatable bonds is 6. The van der Waals surface area contributed by atoms with E-state index in [2.05, 4.69) is 16.4 Å². The summed E-state index contributed by atoms with van der Waals surface area (Å²) in [5.41, 5.74) is 1.36. The van der Waals surface area contributed by atoms with Gasteiger partial charge in [0, 0.05) is 27.9 Å². The number of H-pyrrole nitrogens is 1. The molecule has 2 N–H and O–H groups in total. The van der Waals surface area contributed by atoms with Crippen molar-refractivity contribution in [2.24, 2.45) is 0 Å². The van der Waals surface area contributed by atoms with E-state index in [-0.39, 0.29) is 5.56 Å². The van der Waals surface area contributed by atoms with E-state index in [0.717, 1.165) is 23.2 Å². The molecule has 3 aromatic rings. The average Bonchev–Trinajstić information content (AvgIpc) is 3.14. The van der Waals surface area contributed by atoms with Gasteiger partial charge < -0.3 is 19.9 Å². The molecule has 0 atom stereocenters. The molecule has 2 heterocycles. The summed E-state index contributed by atoms with van der Waals surface area (Å²) in [6, 6.07) is 11.6. The monoisotopic (exact) mass is 387 g/mol. The van der Waals surface area contributed by atoms with Crippen LogP contribution < -0.4 is 15.6 Å². The van der Waals surface area contributed by atoms with Crippen molar-refractivity contribution >= 4 is 39.6 Å². The van der Waals surface area contributed by atoms with Crippen LogP contribution >= 0.6 is 23.6 Å². The Morgan fingerprint density at radius 2 is 2.15 bits per heavy atom. The molecular formula is C19H21N3O2S2. The Labute approximate surface area is 161 Å². The second kappa shape index (κ2) is 8.33. The van der Waals surface area contributed by atoms with Gasteiger partial charge in [0.25, 0.3) is 5.56 Å². The predicted octanol–water partition coefficient (Wildman–Crippen LogP) is 3.49. The van der Waals surface area contributed by atoms with E-state index in [9.17, 15) is 4.79 Å². The summed E-state index contributed by atoms with van der Waals surface area (Å²) < 4.78 is 5.28. The van der Waals surface area contributed by atoms with Gasteiger partial charge in [0.2, 0.25) is 0 Å². The van der Waals surface area contributed by atoms with E-state index in [0.29, 0.717) is 23.8 Å². The van der Waals surface area contributed by atoms with E-state index in [4.69, 9.17) is 17.0 Å². The second-order valence-electron chi connectivity index (χ2n) is 5.85. The van der Waals surface area contributed by atoms with Crippen LogP contribution in [0.4, 0.5) is 0 Å². The standard InChI is InChI=1S/C19H21N3O2S2/c1-3-20-19(25)22(12-16-5-4-8-26-16)11-14-9-13-10-15(24-2)6-7-17(13)21-18(14)23/h4-10H,3,11-12H2,1-2H3,(H,20,25)(H,21,23). The maximum Gasteiger partial charge on any atom is 0.253 e. The Bertz CT molecular complexity index is 951. The molecule has 0 saturated heterocycles. The van der Waals surface area contributed by atoms with Gasteiger partial charge in [-0.05, 0) is 54.9 Å². The Morgan fingerprint density at radius 1 is 1.31 bits per heavy atom. The maximum absolute atomic E-state index is 12.5. The Morgan fingerprint density at radius 3 is 2.85 bits per heavy atom. The number of thiophene rings is 1. The van der Waals surface area contributed by atoms with Crippen molar-refractivity contribution in [3.05, 3.63) is 62.6 Å². The van der Waals surface area contributed by atoms with Crippen molar-refractivity contribution in [3.8, 4) is 5.75 Å². The zero-order valence-corrected chi connectivity index (χ0v) is 16.4. The van der Waals surface area contributed by atoms with Crippen LogP contribution in [0.25, 0.3) is 10.9 Å². The van der Waals surface area contributed by atoms with Crippen LogP contribution in [-0.2, 0) is 13.1 Å². The fourth-order valence-electron chi connectivity index (χ4n) is 2.73. The first-order valence-corrected chi connectivity index (χ1v) is 9.64. The molecule has 0 spiro atoms. The molecule has 0 aliphatic rings. The summed E-state index contributed by atoms with van der Waals surface area (Å²) in [6.45, 7) is 3.85. The van der Waals surface area contributed by atoms with E-state index >= 15 is 0 Å². The Hall–Kier alpha value is -2.38. The normalized spacial score (nSPS) is 10.7. The molecule has 0 bridgehead atoms. The van der Waals surface area contributed by atoms with Gasteiger partial charge in [-0.2, -0.15) is 0 Å². The van der Waals surface area contributed by atoms with Crippen LogP contribution in [0.3, 0.4) is 0 Å². The summed E-state index contributed by atoms with van der Waals surface area (Å²) in [5.74, 6) is 0.758. The van der Waals surface area contributed by atoms with Gasteiger partial charge in [0.1, 0.15) is 5.75 Å². The van der Waals surface area contributed by atoms with Crippen molar-refractivity contribution in [1.29, 1.82) is 0 Å². The highest BCUT2D eigenvalue weighted by molar-refractivity contribution is 7.80. The van der Waals surface area contributed by atoms with Gasteiger partial charge in [-0.1, -0.05) is 6.07 Å². The molecule has 0 saturated carbocycles. The van der Waals surface area contributed by atoms with Crippen LogP contribution in [0.2, 0.25) is 0 Å². The molecule has 0 radical (unpaired) electrons. The van der Waals surface area contributed by atoms with Crippen molar-refractivity contribution in [3.63, 3.8) is 0 Å². The van der Waals surface area contributed by atoms with Crippen LogP contribution in [0, 0.1) is 0 Å². The number of methoxy groups -OCH3 is 1. The number of pyridine rings is 1. The van der Waals surface area contributed by atoms with Crippen LogP contribution in [0.1, 0.15) is 17.4 Å². The minimum atomic E-state index is -0.0989. The number of nitrogens with zero attached hydrogens (tertiary/aromatic N) is 1. The number of aromatic nitrogens is 1. The minimum absolute atomic E-state index is 0.0989. The highest BCUT2D eigenvalue weighted by Crippen LogP contribution is 2.20. The second-order valence-corrected chi connectivity index (χ2v) is 7.27. The van der Waals surface area contributed by atoms with Gasteiger partial charge in [-0.15, -0.1) is 11.3 Å². The number of hydrogen-bond acceptors (Lipinski definition) is 4. The van der Waals surface area contributed by atoms with Crippen LogP contribution in [-0.4, -0.2) is 28.7 Å². The largest absolute Gasteiger partial charge is 0.497 e. The average molecular weight is 388 g/mol. The molecule has 0 fully saturated rings. The number of benzene rings is 1. The third-order valence-electron chi connectivity index (χ3n) is 4.03. The minimum Gasteiger partial charge on any atom is -0.497 e. The highest BCUT2D eigenvalue weighted by atomic mass is 32.1. The summed E-state index contributed by atoms with van der Waals surface area (Å²) in [7, 11) is 1.63. The molecular weight excluding hydrogens is 366 g/mol. The third-order valence-corrected chi connectivity index (χ3v) is 5.30. The molecule has 1 aromatic carbocycles. The Balaban J connectivity index is 1.92. The maximum atomic E-state index is 12.5. The fraction of sp³-hybridized carbons (Fsp3) is 0.263. The van der Waals surface area contributed by atoms with Crippen molar-refractivity contribution < 1.29 is 4.74 Å². The zero-order valence-electron chi connectivity index (χ0n) is 14.7. The number of fused-ring (bicyclic) bond motifs is 1. The summed E-state index contributed by atoms with van der Waals surface area (Å²) in [5, 5.41) is 6.80. The van der Waals surface area contributed by atoms with Gasteiger partial charge in [0.15, 0.2) is 5.11 Å². The first-order chi connectivity index (χ1) is 12.6. The third kappa shape index (κ3) is 4.23. The SMILES string of the molecule is CCNC(=S)N(Cc1cccs1)Cc1cc2cc(OC)ccc2[nH]c1=O. The number of ether oxygens (including phenoxy) is 1. The molecule has 2 aromatic heterocycles. The first kappa shape index (κ1) is 18.4. The Kier molecular flexibility index (Phi) is 5.90. The molecule has 3 rings (SSSR count). The number of hydrogen-bond donors (Lipinski definition) is 2. The topological polar surface area (TPSA) is 57.4 Å². The quantitative estimate of drug-likeness (QED) is 0.634. The van der Waals surface area contributed by atoms with Crippen LogP contribution in [0.15, 0.2) is 46.6 Å². The molecule has 0 aliphatic heterocycles. The number of aromatic amines is 1. The van der Waals surface area contributed by atoms with Gasteiger partial charge in [-0.25, -0.2) is 0 Å². The lowest BCUT2D eigenvalue weighted by Crippen LogP contribution is -2.39. The molecule has 0 unspecified atom stereocenters. The van der Waals surface area contributed by atoms with E-state index in [1.165, 1.54) is 4.88 Å². The first-order valence-electron chi connectivity index (χ1n) is 8.36. The zero-order chi connectivity index (χ0) is 18.5. The summed E-state index contributed by atoms with van der Waals surface area (Å²) in [4.78, 5) is 18.7. The van der Waals surface area contributed by atoms with Crippen molar-refractivity contribution in [1.82, 2.24) is 15.2 Å². The summed E-state index contributed by atoms with van der Waals surface area (Å²) in [6.07, 6.45) is 0. The van der Waals surface area contributed by atoms with Crippen molar-refractivity contribution in [2.75, 3.05) is 13.7 Å². The molecule has 0 amide bonds. The molecule has 0 aliphatic carbocycles. The van der Waals surface area contributed by atoms with Crippen molar-refractivity contribution in [2.45, 2.75) is 20.0 Å². The lowest BCUT2D eigenvalue weighted by atomic mass is 10.1. The van der Waals surface area contributed by atoms with E-state index < -0.39 is 0 Å². The predicted molar refractivity (Wildman–Crippen MR) is 111 cm³/mol. The fourth-order valence-corrected chi connectivity index (χ4v) is 3.73. The summed E-state index contributed by atoms with van der Waals surface area (Å²) >= 11 is 7.19. The van der Waals surface area contributed by atoms with E-state index in [1.807, 2.05) is 47.5 Å². The molecule has 7 heteroatoms. The molecule has 136 valence electrons. The molecule has 26 heavy (non-hydrogen) atoms. The lowest BCUT2D eigenvalue weighted by molar-refractivity contribution is 0.402. The van der Waals surface area contributed by atoms with E-state index in [1.54, 1.807) is 18.4 Å². The highest BCUT2D eigenvalue weighted by Gasteiger charge is 2.14. The van der Waals surface area contributed by atoms with Gasteiger partial charge in [0.05, 0.1) is 20.2 Å². The number of nitrogens with one attached hydrogen (secondary N) is 2. The smallest absolute Gasteiger partial charge is 0.253 e. The van der Waals surface area contributed by atoms with Crippen LogP contribution in [0.5, 0.6) is 5.75 Å². The number of thiocarbonyl (C=S) groups is 1. The lowest BCUT2D eigenvalue weighted by Gasteiger charge is -2.25. The van der Waals surface area contributed by atoms with Gasteiger partial charge in [-0.3, -0.25) is 4.79 Å².